The molecule has 2 heterocycles. The number of amides is 1. The Labute approximate surface area is 116 Å². The Morgan fingerprint density at radius 1 is 1.65 bits per heavy atom. The minimum atomic E-state index is -0.948. The van der Waals surface area contributed by atoms with Gasteiger partial charge in [0.15, 0.2) is 0 Å². The molecule has 1 fully saturated rings. The second kappa shape index (κ2) is 4.77. The molecular formula is C10H8ClIN2O3. The number of rotatable bonds is 2. The predicted molar refractivity (Wildman–Crippen MR) is 70.1 cm³/mol. The number of aromatic nitrogens is 1. The van der Waals surface area contributed by atoms with Gasteiger partial charge in [-0.2, -0.15) is 0 Å². The fourth-order valence-corrected chi connectivity index (χ4v) is 2.49. The fraction of sp³-hybridized carbons (Fsp3) is 0.300. The molecule has 1 atom stereocenters. The van der Waals surface area contributed by atoms with Gasteiger partial charge in [-0.15, -0.1) is 0 Å². The average molecular weight is 367 g/mol. The quantitative estimate of drug-likeness (QED) is 0.640. The topological polar surface area (TPSA) is 70.5 Å². The molecule has 1 N–H and O–H groups in total. The van der Waals surface area contributed by atoms with E-state index in [4.69, 9.17) is 16.7 Å². The highest BCUT2D eigenvalue weighted by Gasteiger charge is 2.36. The Morgan fingerprint density at radius 2 is 2.35 bits per heavy atom. The lowest BCUT2D eigenvalue weighted by Gasteiger charge is -2.17. The lowest BCUT2D eigenvalue weighted by atomic mass is 10.1. The number of carboxylic acid groups (broad SMARTS) is 1. The number of aliphatic carboxylic acids is 1. The number of carbonyl (C=O) groups excluding carboxylic acids is 1. The molecule has 0 aromatic carbocycles. The van der Waals surface area contributed by atoms with Gasteiger partial charge >= 0.3 is 5.97 Å². The highest BCUT2D eigenvalue weighted by molar-refractivity contribution is 14.1. The van der Waals surface area contributed by atoms with Gasteiger partial charge in [-0.25, -0.2) is 4.98 Å². The first-order valence-corrected chi connectivity index (χ1v) is 6.29. The Bertz CT molecular complexity index is 494. The summed E-state index contributed by atoms with van der Waals surface area (Å²) in [5.41, 5.74) is 0.624. The SMILES string of the molecule is O=C(O)C1CC(=O)N(c2ccnc(Cl)c2I)C1. The van der Waals surface area contributed by atoms with E-state index in [1.165, 1.54) is 11.1 Å². The van der Waals surface area contributed by atoms with Crippen LogP contribution in [0.2, 0.25) is 5.15 Å². The minimum Gasteiger partial charge on any atom is -0.481 e. The summed E-state index contributed by atoms with van der Waals surface area (Å²) in [5.74, 6) is -1.79. The number of carbonyl (C=O) groups is 2. The van der Waals surface area contributed by atoms with Crippen molar-refractivity contribution in [2.24, 2.45) is 5.92 Å². The van der Waals surface area contributed by atoms with Gasteiger partial charge in [0, 0.05) is 19.2 Å². The molecule has 0 radical (unpaired) electrons. The highest BCUT2D eigenvalue weighted by atomic mass is 127. The fourth-order valence-electron chi connectivity index (χ4n) is 1.72. The van der Waals surface area contributed by atoms with E-state index in [1.807, 2.05) is 22.6 Å². The maximum absolute atomic E-state index is 11.7. The van der Waals surface area contributed by atoms with Crippen molar-refractivity contribution in [1.29, 1.82) is 0 Å². The highest BCUT2D eigenvalue weighted by Crippen LogP contribution is 2.31. The van der Waals surface area contributed by atoms with Crippen molar-refractivity contribution < 1.29 is 14.7 Å². The van der Waals surface area contributed by atoms with Crippen LogP contribution >= 0.6 is 34.2 Å². The minimum absolute atomic E-state index is 0.0331. The van der Waals surface area contributed by atoms with Gasteiger partial charge in [-0.3, -0.25) is 9.59 Å². The molecule has 1 saturated heterocycles. The Hall–Kier alpha value is -0.890. The van der Waals surface area contributed by atoms with Crippen LogP contribution in [0.4, 0.5) is 5.69 Å². The van der Waals surface area contributed by atoms with Crippen molar-refractivity contribution in [1.82, 2.24) is 4.98 Å². The van der Waals surface area contributed by atoms with Gasteiger partial charge in [0.2, 0.25) is 5.91 Å². The number of anilines is 1. The van der Waals surface area contributed by atoms with Crippen LogP contribution < -0.4 is 4.90 Å². The number of carboxylic acids is 1. The number of halogens is 2. The summed E-state index contributed by atoms with van der Waals surface area (Å²) in [6.07, 6.45) is 1.53. The van der Waals surface area contributed by atoms with Crippen molar-refractivity contribution in [3.05, 3.63) is 21.0 Å². The molecule has 90 valence electrons. The third-order valence-electron chi connectivity index (χ3n) is 2.59. The van der Waals surface area contributed by atoms with Gasteiger partial charge in [-0.05, 0) is 28.7 Å². The van der Waals surface area contributed by atoms with Crippen LogP contribution in [0.1, 0.15) is 6.42 Å². The van der Waals surface area contributed by atoms with E-state index in [2.05, 4.69) is 4.98 Å². The van der Waals surface area contributed by atoms with E-state index in [-0.39, 0.29) is 18.9 Å². The van der Waals surface area contributed by atoms with Gasteiger partial charge in [0.05, 0.1) is 15.2 Å². The van der Waals surface area contributed by atoms with E-state index in [9.17, 15) is 9.59 Å². The molecule has 1 aliphatic heterocycles. The summed E-state index contributed by atoms with van der Waals surface area (Å²) in [7, 11) is 0. The number of hydrogen-bond acceptors (Lipinski definition) is 3. The van der Waals surface area contributed by atoms with Crippen LogP contribution in [0.15, 0.2) is 12.3 Å². The molecule has 0 bridgehead atoms. The lowest BCUT2D eigenvalue weighted by molar-refractivity contribution is -0.141. The average Bonchev–Trinajstić information content (AvgIpc) is 2.65. The van der Waals surface area contributed by atoms with Gasteiger partial charge in [0.25, 0.3) is 0 Å². The molecule has 0 saturated carbocycles. The van der Waals surface area contributed by atoms with Crippen molar-refractivity contribution in [3.63, 3.8) is 0 Å². The molecule has 0 aliphatic carbocycles. The van der Waals surface area contributed by atoms with Crippen LogP contribution in [-0.2, 0) is 9.59 Å². The zero-order chi connectivity index (χ0) is 12.6. The zero-order valence-electron chi connectivity index (χ0n) is 8.56. The lowest BCUT2D eigenvalue weighted by Crippen LogP contribution is -2.26. The molecule has 2 rings (SSSR count). The van der Waals surface area contributed by atoms with Crippen LogP contribution in [0.5, 0.6) is 0 Å². The number of nitrogens with zero attached hydrogens (tertiary/aromatic N) is 2. The van der Waals surface area contributed by atoms with Crippen LogP contribution in [0.3, 0.4) is 0 Å². The van der Waals surface area contributed by atoms with E-state index in [1.54, 1.807) is 6.07 Å². The Balaban J connectivity index is 2.32. The molecule has 1 amide bonds. The third-order valence-corrected chi connectivity index (χ3v) is 4.26. The maximum atomic E-state index is 11.7. The van der Waals surface area contributed by atoms with Crippen LogP contribution in [0.25, 0.3) is 0 Å². The maximum Gasteiger partial charge on any atom is 0.308 e. The molecule has 1 aromatic heterocycles. The summed E-state index contributed by atoms with van der Waals surface area (Å²) in [4.78, 5) is 28.0. The van der Waals surface area contributed by atoms with Crippen LogP contribution in [-0.4, -0.2) is 28.5 Å². The van der Waals surface area contributed by atoms with E-state index in [0.29, 0.717) is 14.4 Å². The summed E-state index contributed by atoms with van der Waals surface area (Å²) < 4.78 is 0.658. The largest absolute Gasteiger partial charge is 0.481 e. The van der Waals surface area contributed by atoms with Crippen molar-refractivity contribution in [2.45, 2.75) is 6.42 Å². The monoisotopic (exact) mass is 366 g/mol. The molecule has 1 aliphatic rings. The van der Waals surface area contributed by atoms with Crippen molar-refractivity contribution >= 4 is 51.8 Å². The second-order valence-electron chi connectivity index (χ2n) is 3.68. The second-order valence-corrected chi connectivity index (χ2v) is 5.12. The molecule has 1 unspecified atom stereocenters. The molecule has 5 nitrogen and oxygen atoms in total. The van der Waals surface area contributed by atoms with E-state index in [0.717, 1.165) is 0 Å². The van der Waals surface area contributed by atoms with Crippen molar-refractivity contribution in [2.75, 3.05) is 11.4 Å². The number of pyridine rings is 1. The molecule has 17 heavy (non-hydrogen) atoms. The van der Waals surface area contributed by atoms with Crippen molar-refractivity contribution in [3.8, 4) is 0 Å². The summed E-state index contributed by atoms with van der Waals surface area (Å²) in [5, 5.41) is 9.21. The van der Waals surface area contributed by atoms with Gasteiger partial charge < -0.3 is 10.0 Å². The van der Waals surface area contributed by atoms with E-state index < -0.39 is 11.9 Å². The smallest absolute Gasteiger partial charge is 0.308 e. The normalized spacial score (nSPS) is 19.8. The summed E-state index contributed by atoms with van der Waals surface area (Å²) in [6, 6.07) is 1.66. The van der Waals surface area contributed by atoms with Crippen LogP contribution in [0, 0.1) is 9.49 Å². The predicted octanol–water partition coefficient (Wildman–Crippen LogP) is 1.78. The first-order valence-electron chi connectivity index (χ1n) is 4.84. The first-order chi connectivity index (χ1) is 8.00. The number of hydrogen-bond donors (Lipinski definition) is 1. The standard InChI is InChI=1S/C10H8ClIN2O3/c11-9-8(12)6(1-2-13-9)14-4-5(10(16)17)3-7(14)15/h1-2,5H,3-4H2,(H,16,17). The summed E-state index contributed by atoms with van der Waals surface area (Å²) >= 11 is 7.86. The molecule has 1 aromatic rings. The first kappa shape index (κ1) is 12.6. The van der Waals surface area contributed by atoms with Gasteiger partial charge in [-0.1, -0.05) is 11.6 Å². The zero-order valence-corrected chi connectivity index (χ0v) is 11.5. The molecule has 7 heteroatoms. The molecular weight excluding hydrogens is 358 g/mol. The Morgan fingerprint density at radius 3 is 2.94 bits per heavy atom. The molecule has 0 spiro atoms. The van der Waals surface area contributed by atoms with Gasteiger partial charge in [0.1, 0.15) is 5.15 Å². The Kier molecular flexibility index (Phi) is 3.53. The third kappa shape index (κ3) is 2.37. The van der Waals surface area contributed by atoms with E-state index >= 15 is 0 Å². The summed E-state index contributed by atoms with van der Waals surface area (Å²) in [6.45, 7) is 0.185.